The molecule has 176 valence electrons. The van der Waals surface area contributed by atoms with Crippen LogP contribution in [0.5, 0.6) is 0 Å². The molecule has 0 heterocycles. The molecule has 0 aromatic carbocycles. The molecule has 0 fully saturated rings. The average molecular weight is 504 g/mol. The van der Waals surface area contributed by atoms with Gasteiger partial charge in [-0.15, -0.1) is 0 Å². The van der Waals surface area contributed by atoms with E-state index in [1.807, 2.05) is 0 Å². The van der Waals surface area contributed by atoms with Crippen molar-refractivity contribution in [3.05, 3.63) is 23.7 Å². The molecule has 0 bridgehead atoms. The number of rotatable bonds is 8. The maximum absolute atomic E-state index is 10.0. The standard InChI is InChI=1S/2C5H8O2.C4H10O3.C4H10O.2CH4.Zr/c2*1-4(6)3-5(2)7;5-1-3-7-4-2-6;1-2-3-4-5;;;/h2*3,6H,1-2H3;5-6H,1-4H2;5H,2-4H2,1H3;2*1H4;. The molecule has 0 saturated carbocycles. The Morgan fingerprint density at radius 1 is 0.759 bits per heavy atom. The predicted molar refractivity (Wildman–Crippen MR) is 115 cm³/mol. The Hall–Kier alpha value is -0.857. The molecule has 0 rings (SSSR count). The summed E-state index contributed by atoms with van der Waals surface area (Å²) in [6.45, 7) is 8.79. The number of allylic oxidation sites excluding steroid dienone is 4. The monoisotopic (exact) mass is 502 g/mol. The molecule has 0 aromatic heterocycles. The molecule has 0 amide bonds. The van der Waals surface area contributed by atoms with Crippen molar-refractivity contribution in [3.63, 3.8) is 0 Å². The number of unbranched alkanes of at least 4 members (excludes halogenated alkanes) is 1. The van der Waals surface area contributed by atoms with Crippen molar-refractivity contribution >= 4 is 11.6 Å². The molecule has 8 nitrogen and oxygen atoms in total. The average Bonchev–Trinajstić information content (AvgIpc) is 2.47. The smallest absolute Gasteiger partial charge is 0.155 e. The Morgan fingerprint density at radius 3 is 1.14 bits per heavy atom. The summed E-state index contributed by atoms with van der Waals surface area (Å²) < 4.78 is 4.63. The van der Waals surface area contributed by atoms with E-state index in [4.69, 9.17) is 25.5 Å². The molecule has 0 aliphatic carbocycles. The molecule has 0 saturated heterocycles. The summed E-state index contributed by atoms with van der Waals surface area (Å²) in [6.07, 6.45) is 4.37. The zero-order valence-electron chi connectivity index (χ0n) is 17.1. The van der Waals surface area contributed by atoms with Crippen molar-refractivity contribution in [3.8, 4) is 0 Å². The fourth-order valence-electron chi connectivity index (χ4n) is 0.978. The molecule has 9 heteroatoms. The molecule has 29 heavy (non-hydrogen) atoms. The number of carbonyl (C=O) groups is 2. The maximum atomic E-state index is 10.0. The summed E-state index contributed by atoms with van der Waals surface area (Å²) in [5, 5.41) is 41.0. The summed E-state index contributed by atoms with van der Waals surface area (Å²) >= 11 is 0. The number of hydrogen-bond donors (Lipinski definition) is 5. The van der Waals surface area contributed by atoms with Crippen molar-refractivity contribution in [2.45, 2.75) is 62.3 Å². The van der Waals surface area contributed by atoms with Crippen LogP contribution >= 0.6 is 0 Å². The second kappa shape index (κ2) is 41.5. The third-order valence-electron chi connectivity index (χ3n) is 1.81. The summed E-state index contributed by atoms with van der Waals surface area (Å²) in [6, 6.07) is 0. The van der Waals surface area contributed by atoms with Gasteiger partial charge in [0.2, 0.25) is 0 Å². The minimum absolute atomic E-state index is 0. The van der Waals surface area contributed by atoms with Crippen LogP contribution in [0.15, 0.2) is 23.7 Å². The third-order valence-corrected chi connectivity index (χ3v) is 1.81. The summed E-state index contributed by atoms with van der Waals surface area (Å²) in [5.74, 6) is -0.125. The Morgan fingerprint density at radius 2 is 1.07 bits per heavy atom. The van der Waals surface area contributed by atoms with Gasteiger partial charge in [-0.3, -0.25) is 9.59 Å². The number of aliphatic hydroxyl groups is 5. The molecular weight excluding hydrogens is 459 g/mol. The first-order chi connectivity index (χ1) is 12.1. The Bertz CT molecular complexity index is 341. The van der Waals surface area contributed by atoms with E-state index >= 15 is 0 Å². The number of aliphatic hydroxyl groups excluding tert-OH is 5. The first kappa shape index (κ1) is 46.4. The first-order valence-corrected chi connectivity index (χ1v) is 8.24. The quantitative estimate of drug-likeness (QED) is 0.193. The SMILES string of the molecule is C.C.CC(=O)C=C(C)O.CC(=O)C=C(C)O.CCCCO.OCCOCCO.[Zr]. The number of ketones is 2. The van der Waals surface area contributed by atoms with E-state index in [1.165, 1.54) is 39.8 Å². The van der Waals surface area contributed by atoms with Crippen molar-refractivity contribution in [1.82, 2.24) is 0 Å². The van der Waals surface area contributed by atoms with Crippen LogP contribution in [-0.4, -0.2) is 70.1 Å². The number of hydrogen-bond acceptors (Lipinski definition) is 8. The van der Waals surface area contributed by atoms with Gasteiger partial charge in [-0.2, -0.15) is 0 Å². The van der Waals surface area contributed by atoms with E-state index in [0.717, 1.165) is 12.8 Å². The van der Waals surface area contributed by atoms with Gasteiger partial charge in [0.1, 0.15) is 0 Å². The van der Waals surface area contributed by atoms with Crippen LogP contribution in [0.3, 0.4) is 0 Å². The van der Waals surface area contributed by atoms with Crippen LogP contribution in [0.25, 0.3) is 0 Å². The minimum atomic E-state index is -0.125. The van der Waals surface area contributed by atoms with Gasteiger partial charge in [-0.05, 0) is 34.1 Å². The zero-order valence-corrected chi connectivity index (χ0v) is 19.5. The topological polar surface area (TPSA) is 145 Å². The first-order valence-electron chi connectivity index (χ1n) is 8.24. The van der Waals surface area contributed by atoms with Crippen LogP contribution < -0.4 is 0 Å². The van der Waals surface area contributed by atoms with Crippen LogP contribution in [0.2, 0.25) is 0 Å². The van der Waals surface area contributed by atoms with E-state index < -0.39 is 0 Å². The molecular formula is C20H44O8Zr. The second-order valence-electron chi connectivity index (χ2n) is 4.93. The van der Waals surface area contributed by atoms with Crippen molar-refractivity contribution < 1.29 is 66.1 Å². The van der Waals surface area contributed by atoms with Crippen LogP contribution in [0, 0.1) is 0 Å². The van der Waals surface area contributed by atoms with Crippen LogP contribution in [0.4, 0.5) is 0 Å². The maximum Gasteiger partial charge on any atom is 0.155 e. The minimum Gasteiger partial charge on any atom is -0.512 e. The largest absolute Gasteiger partial charge is 0.512 e. The van der Waals surface area contributed by atoms with Gasteiger partial charge in [0.25, 0.3) is 0 Å². The van der Waals surface area contributed by atoms with Gasteiger partial charge in [-0.25, -0.2) is 0 Å². The molecule has 0 atom stereocenters. The molecule has 5 N–H and O–H groups in total. The van der Waals surface area contributed by atoms with Crippen LogP contribution in [-0.2, 0) is 40.5 Å². The molecule has 0 aliphatic rings. The van der Waals surface area contributed by atoms with E-state index in [1.54, 1.807) is 0 Å². The van der Waals surface area contributed by atoms with Gasteiger partial charge < -0.3 is 30.3 Å². The molecule has 0 unspecified atom stereocenters. The fourth-order valence-corrected chi connectivity index (χ4v) is 0.978. The van der Waals surface area contributed by atoms with Gasteiger partial charge in [-0.1, -0.05) is 28.2 Å². The summed E-state index contributed by atoms with van der Waals surface area (Å²) in [4.78, 5) is 20.0. The van der Waals surface area contributed by atoms with E-state index in [0.29, 0.717) is 19.8 Å². The van der Waals surface area contributed by atoms with Crippen molar-refractivity contribution in [2.75, 3.05) is 33.0 Å². The van der Waals surface area contributed by atoms with Crippen molar-refractivity contribution in [2.24, 2.45) is 0 Å². The molecule has 0 aromatic rings. The van der Waals surface area contributed by atoms with E-state index in [9.17, 15) is 9.59 Å². The van der Waals surface area contributed by atoms with Gasteiger partial charge in [0.15, 0.2) is 11.6 Å². The van der Waals surface area contributed by atoms with Crippen molar-refractivity contribution in [1.29, 1.82) is 0 Å². The van der Waals surface area contributed by atoms with Gasteiger partial charge in [0.05, 0.1) is 37.9 Å². The molecule has 0 aliphatic heterocycles. The fraction of sp³-hybridized carbons (Fsp3) is 0.700. The third kappa shape index (κ3) is 99.3. The van der Waals surface area contributed by atoms with E-state index in [-0.39, 0.29) is 77.4 Å². The molecule has 0 spiro atoms. The second-order valence-corrected chi connectivity index (χ2v) is 4.93. The number of ether oxygens (including phenoxy) is 1. The normalized spacial score (nSPS) is 9.24. The Balaban J connectivity index is -0.0000000433. The van der Waals surface area contributed by atoms with Gasteiger partial charge in [0, 0.05) is 45.0 Å². The van der Waals surface area contributed by atoms with E-state index in [2.05, 4.69) is 11.7 Å². The summed E-state index contributed by atoms with van der Waals surface area (Å²) in [5.41, 5.74) is 0. The summed E-state index contributed by atoms with van der Waals surface area (Å²) in [7, 11) is 0. The van der Waals surface area contributed by atoms with Crippen LogP contribution in [0.1, 0.15) is 62.3 Å². The number of carbonyl (C=O) groups excluding carboxylic acids is 2. The molecule has 0 radical (unpaired) electrons. The van der Waals surface area contributed by atoms with Gasteiger partial charge >= 0.3 is 0 Å². The Labute approximate surface area is 196 Å². The predicted octanol–water partition coefficient (Wildman–Crippen LogP) is 3.11. The Kier molecular flexibility index (Phi) is 66.4. The zero-order chi connectivity index (χ0) is 21.4.